The molecule has 0 aliphatic heterocycles. The zero-order chi connectivity index (χ0) is 11.3. The van der Waals surface area contributed by atoms with Crippen molar-refractivity contribution in [2.75, 3.05) is 12.3 Å². The largest absolute Gasteiger partial charge is 0.398 e. The average Bonchev–Trinajstić information content (AvgIpc) is 2.13. The number of hydrogen-bond acceptors (Lipinski definition) is 2. The summed E-state index contributed by atoms with van der Waals surface area (Å²) in [6.45, 7) is 8.67. The van der Waals surface area contributed by atoms with Crippen LogP contribution in [0, 0.1) is 5.41 Å². The summed E-state index contributed by atoms with van der Waals surface area (Å²) in [5.74, 6) is 0. The van der Waals surface area contributed by atoms with Gasteiger partial charge in [0, 0.05) is 12.2 Å². The Kier molecular flexibility index (Phi) is 4.15. The quantitative estimate of drug-likeness (QED) is 0.587. The van der Waals surface area contributed by atoms with E-state index in [1.165, 1.54) is 12.0 Å². The van der Waals surface area contributed by atoms with Crippen LogP contribution in [0.1, 0.15) is 32.8 Å². The van der Waals surface area contributed by atoms with Crippen molar-refractivity contribution in [3.8, 4) is 0 Å². The van der Waals surface area contributed by atoms with E-state index in [9.17, 15) is 0 Å². The minimum Gasteiger partial charge on any atom is -0.398 e. The molecule has 1 rings (SSSR count). The molecule has 84 valence electrons. The third-order valence-electron chi connectivity index (χ3n) is 2.42. The number of rotatable bonds is 4. The predicted molar refractivity (Wildman–Crippen MR) is 66.6 cm³/mol. The Labute approximate surface area is 92.9 Å². The predicted octanol–water partition coefficient (Wildman–Crippen LogP) is 2.79. The first-order chi connectivity index (χ1) is 6.99. The SMILES string of the molecule is CC(C)(C)CCNCc1ccccc1N. The second-order valence-electron chi connectivity index (χ2n) is 5.19. The van der Waals surface area contributed by atoms with E-state index in [-0.39, 0.29) is 0 Å². The Bertz CT molecular complexity index is 300. The van der Waals surface area contributed by atoms with Gasteiger partial charge in [-0.1, -0.05) is 39.0 Å². The molecule has 1 aromatic carbocycles. The number of nitrogen functional groups attached to an aromatic ring is 1. The van der Waals surface area contributed by atoms with E-state index in [4.69, 9.17) is 5.73 Å². The topological polar surface area (TPSA) is 38.0 Å². The van der Waals surface area contributed by atoms with Crippen molar-refractivity contribution in [2.24, 2.45) is 5.41 Å². The van der Waals surface area contributed by atoms with E-state index in [2.05, 4.69) is 32.2 Å². The van der Waals surface area contributed by atoms with Gasteiger partial charge in [-0.3, -0.25) is 0 Å². The smallest absolute Gasteiger partial charge is 0.0359 e. The molecule has 2 heteroatoms. The number of anilines is 1. The van der Waals surface area contributed by atoms with Gasteiger partial charge < -0.3 is 11.1 Å². The molecule has 15 heavy (non-hydrogen) atoms. The van der Waals surface area contributed by atoms with E-state index in [1.807, 2.05) is 18.2 Å². The summed E-state index contributed by atoms with van der Waals surface area (Å²) in [5.41, 5.74) is 8.31. The summed E-state index contributed by atoms with van der Waals surface area (Å²) in [6.07, 6.45) is 1.18. The first-order valence-electron chi connectivity index (χ1n) is 5.53. The number of para-hydroxylation sites is 1. The maximum Gasteiger partial charge on any atom is 0.0359 e. The average molecular weight is 206 g/mol. The van der Waals surface area contributed by atoms with Crippen molar-refractivity contribution >= 4 is 5.69 Å². The van der Waals surface area contributed by atoms with Crippen molar-refractivity contribution in [3.63, 3.8) is 0 Å². The molecule has 1 aromatic rings. The first-order valence-corrected chi connectivity index (χ1v) is 5.53. The first kappa shape index (κ1) is 12.1. The zero-order valence-electron chi connectivity index (χ0n) is 10.0. The van der Waals surface area contributed by atoms with Crippen LogP contribution in [0.4, 0.5) is 5.69 Å². The molecule has 0 atom stereocenters. The molecule has 0 heterocycles. The lowest BCUT2D eigenvalue weighted by molar-refractivity contribution is 0.367. The van der Waals surface area contributed by atoms with Gasteiger partial charge in [-0.15, -0.1) is 0 Å². The van der Waals surface area contributed by atoms with Crippen LogP contribution < -0.4 is 11.1 Å². The zero-order valence-corrected chi connectivity index (χ0v) is 10.0. The molecule has 0 aromatic heterocycles. The Morgan fingerprint density at radius 1 is 1.20 bits per heavy atom. The molecule has 0 bridgehead atoms. The van der Waals surface area contributed by atoms with Crippen LogP contribution in [0.2, 0.25) is 0 Å². The second-order valence-corrected chi connectivity index (χ2v) is 5.19. The molecule has 0 saturated carbocycles. The highest BCUT2D eigenvalue weighted by Gasteiger charge is 2.08. The molecule has 3 N–H and O–H groups in total. The normalized spacial score (nSPS) is 11.7. The van der Waals surface area contributed by atoms with Crippen molar-refractivity contribution < 1.29 is 0 Å². The van der Waals surface area contributed by atoms with Gasteiger partial charge in [-0.2, -0.15) is 0 Å². The Morgan fingerprint density at radius 3 is 2.47 bits per heavy atom. The molecular formula is C13H22N2. The Balaban J connectivity index is 2.30. The monoisotopic (exact) mass is 206 g/mol. The van der Waals surface area contributed by atoms with Gasteiger partial charge in [0.2, 0.25) is 0 Å². The van der Waals surface area contributed by atoms with Crippen LogP contribution in [-0.2, 0) is 6.54 Å². The molecule has 2 nitrogen and oxygen atoms in total. The molecule has 0 unspecified atom stereocenters. The Morgan fingerprint density at radius 2 is 1.87 bits per heavy atom. The van der Waals surface area contributed by atoms with Crippen molar-refractivity contribution in [3.05, 3.63) is 29.8 Å². The summed E-state index contributed by atoms with van der Waals surface area (Å²) in [5, 5.41) is 3.42. The second kappa shape index (κ2) is 5.17. The molecule has 0 aliphatic carbocycles. The van der Waals surface area contributed by atoms with Gasteiger partial charge >= 0.3 is 0 Å². The van der Waals surface area contributed by atoms with Gasteiger partial charge in [-0.05, 0) is 30.0 Å². The minimum atomic E-state index is 0.398. The van der Waals surface area contributed by atoms with Gasteiger partial charge in [0.05, 0.1) is 0 Å². The van der Waals surface area contributed by atoms with Gasteiger partial charge in [0.15, 0.2) is 0 Å². The number of nitrogens with two attached hydrogens (primary N) is 1. The van der Waals surface area contributed by atoms with E-state index in [1.54, 1.807) is 0 Å². The third-order valence-corrected chi connectivity index (χ3v) is 2.42. The molecular weight excluding hydrogens is 184 g/mol. The molecule has 0 fully saturated rings. The summed E-state index contributed by atoms with van der Waals surface area (Å²) in [7, 11) is 0. The molecule has 0 aliphatic rings. The third kappa shape index (κ3) is 4.84. The number of nitrogens with one attached hydrogen (secondary N) is 1. The Hall–Kier alpha value is -1.02. The maximum atomic E-state index is 5.85. The summed E-state index contributed by atoms with van der Waals surface area (Å²) < 4.78 is 0. The fourth-order valence-corrected chi connectivity index (χ4v) is 1.38. The number of hydrogen-bond donors (Lipinski definition) is 2. The lowest BCUT2D eigenvalue weighted by atomic mass is 9.92. The van der Waals surface area contributed by atoms with Crippen molar-refractivity contribution in [1.82, 2.24) is 5.32 Å². The van der Waals surface area contributed by atoms with Crippen molar-refractivity contribution in [1.29, 1.82) is 0 Å². The van der Waals surface area contributed by atoms with Crippen LogP contribution in [0.25, 0.3) is 0 Å². The molecule has 0 amide bonds. The molecule has 0 spiro atoms. The highest BCUT2D eigenvalue weighted by Crippen LogP contribution is 2.17. The highest BCUT2D eigenvalue weighted by molar-refractivity contribution is 5.46. The summed E-state index contributed by atoms with van der Waals surface area (Å²) in [4.78, 5) is 0. The molecule has 0 radical (unpaired) electrons. The lowest BCUT2D eigenvalue weighted by Crippen LogP contribution is -2.20. The fraction of sp³-hybridized carbons (Fsp3) is 0.538. The molecule has 0 saturated heterocycles. The van der Waals surface area contributed by atoms with Crippen LogP contribution in [-0.4, -0.2) is 6.54 Å². The van der Waals surface area contributed by atoms with Crippen LogP contribution in [0.5, 0.6) is 0 Å². The summed E-state index contributed by atoms with van der Waals surface area (Å²) >= 11 is 0. The van der Waals surface area contributed by atoms with Gasteiger partial charge in [-0.25, -0.2) is 0 Å². The van der Waals surface area contributed by atoms with Crippen molar-refractivity contribution in [2.45, 2.75) is 33.7 Å². The minimum absolute atomic E-state index is 0.398. The lowest BCUT2D eigenvalue weighted by Gasteiger charge is -2.18. The fourth-order valence-electron chi connectivity index (χ4n) is 1.38. The van der Waals surface area contributed by atoms with Crippen LogP contribution in [0.3, 0.4) is 0 Å². The van der Waals surface area contributed by atoms with E-state index in [0.717, 1.165) is 18.8 Å². The standard InChI is InChI=1S/C13H22N2/c1-13(2,3)8-9-15-10-11-6-4-5-7-12(11)14/h4-7,15H,8-10,14H2,1-3H3. The van der Waals surface area contributed by atoms with Gasteiger partial charge in [0.1, 0.15) is 0 Å². The van der Waals surface area contributed by atoms with Crippen LogP contribution in [0.15, 0.2) is 24.3 Å². The van der Waals surface area contributed by atoms with E-state index in [0.29, 0.717) is 5.41 Å². The maximum absolute atomic E-state index is 5.85. The van der Waals surface area contributed by atoms with E-state index < -0.39 is 0 Å². The number of benzene rings is 1. The van der Waals surface area contributed by atoms with Gasteiger partial charge in [0.25, 0.3) is 0 Å². The summed E-state index contributed by atoms with van der Waals surface area (Å²) in [6, 6.07) is 8.01. The highest BCUT2D eigenvalue weighted by atomic mass is 14.9. The van der Waals surface area contributed by atoms with E-state index >= 15 is 0 Å². The van der Waals surface area contributed by atoms with Crippen LogP contribution >= 0.6 is 0 Å².